The van der Waals surface area contributed by atoms with Crippen LogP contribution in [0.1, 0.15) is 37.0 Å². The molecule has 1 aliphatic carbocycles. The molecule has 3 nitrogen and oxygen atoms in total. The molecule has 0 N–H and O–H groups in total. The van der Waals surface area contributed by atoms with Crippen LogP contribution >= 0.6 is 0 Å². The van der Waals surface area contributed by atoms with Gasteiger partial charge in [-0.2, -0.15) is 0 Å². The summed E-state index contributed by atoms with van der Waals surface area (Å²) in [7, 11) is 0. The first-order valence-corrected chi connectivity index (χ1v) is 6.46. The van der Waals surface area contributed by atoms with Gasteiger partial charge in [0.15, 0.2) is 5.78 Å². The molecule has 0 heterocycles. The van der Waals surface area contributed by atoms with Gasteiger partial charge in [0.05, 0.1) is 0 Å². The minimum Gasteiger partial charge on any atom is -0.550 e. The van der Waals surface area contributed by atoms with E-state index in [1.54, 1.807) is 24.3 Å². The summed E-state index contributed by atoms with van der Waals surface area (Å²) < 4.78 is 0. The first kappa shape index (κ1) is 13.5. The van der Waals surface area contributed by atoms with E-state index in [1.807, 2.05) is 19.9 Å². The second kappa shape index (κ2) is 5.39. The average Bonchev–Trinajstić information content (AvgIpc) is 2.41. The fourth-order valence-electron chi connectivity index (χ4n) is 2.63. The normalized spacial score (nSPS) is 23.3. The molecule has 0 fully saturated rings. The summed E-state index contributed by atoms with van der Waals surface area (Å²) in [6.07, 6.45) is 0.926. The third-order valence-electron chi connectivity index (χ3n) is 3.96. The number of carboxylic acids is 1. The van der Waals surface area contributed by atoms with E-state index in [9.17, 15) is 14.7 Å². The van der Waals surface area contributed by atoms with Crippen LogP contribution in [-0.2, 0) is 4.79 Å². The van der Waals surface area contributed by atoms with Gasteiger partial charge in [-0.3, -0.25) is 4.79 Å². The number of carboxylic acid groups (broad SMARTS) is 1. The maximum absolute atomic E-state index is 12.5. The molecule has 100 valence electrons. The Morgan fingerprint density at radius 3 is 2.05 bits per heavy atom. The van der Waals surface area contributed by atoms with Crippen molar-refractivity contribution in [3.63, 3.8) is 0 Å². The zero-order valence-corrected chi connectivity index (χ0v) is 11.2. The largest absolute Gasteiger partial charge is 0.550 e. The number of Topliss-reactive ketones (excluding diaryl/α,β-unsaturated/α-hetero) is 1. The van der Waals surface area contributed by atoms with Crippen molar-refractivity contribution in [1.29, 1.82) is 0 Å². The molecule has 0 amide bonds. The van der Waals surface area contributed by atoms with E-state index in [0.29, 0.717) is 18.4 Å². The topological polar surface area (TPSA) is 57.2 Å². The van der Waals surface area contributed by atoms with Gasteiger partial charge in [0, 0.05) is 23.4 Å². The molecule has 0 spiro atoms. The number of hydrogen-bond acceptors (Lipinski definition) is 3. The number of carbonyl (C=O) groups is 2. The second-order valence-electron chi connectivity index (χ2n) is 5.23. The highest BCUT2D eigenvalue weighted by Gasteiger charge is 2.33. The molecule has 1 aromatic carbocycles. The third-order valence-corrected chi connectivity index (χ3v) is 3.96. The van der Waals surface area contributed by atoms with Crippen molar-refractivity contribution in [3.8, 4) is 0 Å². The summed E-state index contributed by atoms with van der Waals surface area (Å²) in [4.78, 5) is 23.7. The molecule has 3 heteroatoms. The number of allylic oxidation sites excluding steroid dienone is 2. The van der Waals surface area contributed by atoms with Gasteiger partial charge in [-0.15, -0.1) is 0 Å². The lowest BCUT2D eigenvalue weighted by Crippen LogP contribution is -2.41. The Labute approximate surface area is 113 Å². The highest BCUT2D eigenvalue weighted by molar-refractivity contribution is 6.00. The monoisotopic (exact) mass is 257 g/mol. The lowest BCUT2D eigenvalue weighted by atomic mass is 9.73. The number of rotatable bonds is 3. The maximum Gasteiger partial charge on any atom is 0.166 e. The molecule has 1 aliphatic rings. The number of benzene rings is 1. The van der Waals surface area contributed by atoms with Crippen molar-refractivity contribution in [1.82, 2.24) is 0 Å². The van der Waals surface area contributed by atoms with Crippen LogP contribution < -0.4 is 5.11 Å². The molecule has 0 aromatic heterocycles. The van der Waals surface area contributed by atoms with Gasteiger partial charge in [0.1, 0.15) is 0 Å². The Morgan fingerprint density at radius 1 is 1.00 bits per heavy atom. The van der Waals surface area contributed by atoms with Crippen LogP contribution in [-0.4, -0.2) is 11.8 Å². The van der Waals surface area contributed by atoms with E-state index in [0.717, 1.165) is 11.1 Å². The van der Waals surface area contributed by atoms with Crippen LogP contribution in [0.15, 0.2) is 41.5 Å². The summed E-state index contributed by atoms with van der Waals surface area (Å²) in [5, 5.41) is 11.3. The lowest BCUT2D eigenvalue weighted by Gasteiger charge is -2.32. The van der Waals surface area contributed by atoms with E-state index in [1.165, 1.54) is 0 Å². The molecule has 19 heavy (non-hydrogen) atoms. The first-order chi connectivity index (χ1) is 9.00. The van der Waals surface area contributed by atoms with E-state index >= 15 is 0 Å². The molecule has 2 atom stereocenters. The number of aliphatic carboxylic acids is 1. The summed E-state index contributed by atoms with van der Waals surface area (Å²) >= 11 is 0. The zero-order chi connectivity index (χ0) is 14.0. The fraction of sp³-hybridized carbons (Fsp3) is 0.375. The Balaban J connectivity index is 2.31. The second-order valence-corrected chi connectivity index (χ2v) is 5.23. The SMILES string of the molecule is CC1=C(C)C[C@@H](C(=O)c2ccccc2)[C@H](C(=O)[O-])C1. The molecule has 0 bridgehead atoms. The van der Waals surface area contributed by atoms with Crippen molar-refractivity contribution in [3.05, 3.63) is 47.0 Å². The van der Waals surface area contributed by atoms with Crippen LogP contribution in [0.2, 0.25) is 0 Å². The standard InChI is InChI=1S/C16H18O3/c1-10-8-13(14(16(18)19)9-11(10)2)15(17)12-6-4-3-5-7-12/h3-7,13-14H,8-9H2,1-2H3,(H,18,19)/p-1/t13-,14-/m1/s1. The van der Waals surface area contributed by atoms with Gasteiger partial charge in [0.25, 0.3) is 0 Å². The number of hydrogen-bond donors (Lipinski definition) is 0. The van der Waals surface area contributed by atoms with Crippen molar-refractivity contribution >= 4 is 11.8 Å². The number of carbonyl (C=O) groups excluding carboxylic acids is 2. The Kier molecular flexibility index (Phi) is 3.84. The molecule has 0 radical (unpaired) electrons. The summed E-state index contributed by atoms with van der Waals surface area (Å²) in [6.45, 7) is 3.89. The Hall–Kier alpha value is -1.90. The lowest BCUT2D eigenvalue weighted by molar-refractivity contribution is -0.313. The van der Waals surface area contributed by atoms with Crippen LogP contribution in [0.25, 0.3) is 0 Å². The molecule has 0 saturated carbocycles. The Morgan fingerprint density at radius 2 is 1.53 bits per heavy atom. The van der Waals surface area contributed by atoms with Crippen LogP contribution in [0.3, 0.4) is 0 Å². The van der Waals surface area contributed by atoms with E-state index in [4.69, 9.17) is 0 Å². The maximum atomic E-state index is 12.5. The molecule has 0 aliphatic heterocycles. The Bertz CT molecular complexity index is 528. The molecular formula is C16H17O3-. The summed E-state index contributed by atoms with van der Waals surface area (Å²) in [5.41, 5.74) is 2.75. The van der Waals surface area contributed by atoms with Crippen LogP contribution in [0.4, 0.5) is 0 Å². The molecule has 0 unspecified atom stereocenters. The quantitative estimate of drug-likeness (QED) is 0.614. The highest BCUT2D eigenvalue weighted by atomic mass is 16.4. The minimum atomic E-state index is -1.12. The van der Waals surface area contributed by atoms with Gasteiger partial charge in [-0.05, 0) is 26.7 Å². The van der Waals surface area contributed by atoms with Gasteiger partial charge in [0.2, 0.25) is 0 Å². The predicted molar refractivity (Wildman–Crippen MR) is 70.4 cm³/mol. The smallest absolute Gasteiger partial charge is 0.166 e. The zero-order valence-electron chi connectivity index (χ0n) is 11.2. The van der Waals surface area contributed by atoms with E-state index in [2.05, 4.69) is 0 Å². The molecule has 2 rings (SSSR count). The highest BCUT2D eigenvalue weighted by Crippen LogP contribution is 2.35. The summed E-state index contributed by atoms with van der Waals surface area (Å²) in [5.74, 6) is -2.43. The van der Waals surface area contributed by atoms with E-state index < -0.39 is 17.8 Å². The van der Waals surface area contributed by atoms with Gasteiger partial charge in [-0.1, -0.05) is 41.5 Å². The average molecular weight is 257 g/mol. The van der Waals surface area contributed by atoms with E-state index in [-0.39, 0.29) is 5.78 Å². The van der Waals surface area contributed by atoms with Crippen molar-refractivity contribution < 1.29 is 14.7 Å². The van der Waals surface area contributed by atoms with Crippen LogP contribution in [0, 0.1) is 11.8 Å². The third kappa shape index (κ3) is 2.75. The van der Waals surface area contributed by atoms with Gasteiger partial charge >= 0.3 is 0 Å². The number of ketones is 1. The molecule has 1 aromatic rings. The van der Waals surface area contributed by atoms with Crippen molar-refractivity contribution in [2.45, 2.75) is 26.7 Å². The predicted octanol–water partition coefficient (Wildman–Crippen LogP) is 1.98. The molecular weight excluding hydrogens is 240 g/mol. The first-order valence-electron chi connectivity index (χ1n) is 6.46. The van der Waals surface area contributed by atoms with Crippen molar-refractivity contribution in [2.75, 3.05) is 0 Å². The summed E-state index contributed by atoms with van der Waals surface area (Å²) in [6, 6.07) is 8.88. The fourth-order valence-corrected chi connectivity index (χ4v) is 2.63. The minimum absolute atomic E-state index is 0.0957. The van der Waals surface area contributed by atoms with Gasteiger partial charge < -0.3 is 9.90 Å². The van der Waals surface area contributed by atoms with Crippen LogP contribution in [0.5, 0.6) is 0 Å². The molecule has 0 saturated heterocycles. The van der Waals surface area contributed by atoms with Gasteiger partial charge in [-0.25, -0.2) is 0 Å². The van der Waals surface area contributed by atoms with Crippen molar-refractivity contribution in [2.24, 2.45) is 11.8 Å².